The van der Waals surface area contributed by atoms with Crippen LogP contribution in [-0.2, 0) is 0 Å². The summed E-state index contributed by atoms with van der Waals surface area (Å²) in [6.45, 7) is 2.16. The molecular weight excluding hydrogens is 595 g/mol. The van der Waals surface area contributed by atoms with E-state index in [1.165, 1.54) is 32.7 Å². The summed E-state index contributed by atoms with van der Waals surface area (Å²) in [5.74, 6) is 0.819. The minimum atomic E-state index is 0.0297. The summed E-state index contributed by atoms with van der Waals surface area (Å²) in [4.78, 5) is 14.6. The summed E-state index contributed by atoms with van der Waals surface area (Å²) in [7, 11) is 0. The number of benzene rings is 5. The molecule has 0 N–H and O–H groups in total. The molecule has 0 spiro atoms. The van der Waals surface area contributed by atoms with Crippen LogP contribution in [0.3, 0.4) is 0 Å². The van der Waals surface area contributed by atoms with Crippen molar-refractivity contribution >= 4 is 21.5 Å². The third-order valence-corrected chi connectivity index (χ3v) is 9.22. The molecular formula is C46H35N3. The Bertz CT molecular complexity index is 2430. The van der Waals surface area contributed by atoms with Crippen LogP contribution in [-0.4, -0.2) is 15.0 Å². The highest BCUT2D eigenvalue weighted by Crippen LogP contribution is 2.38. The van der Waals surface area contributed by atoms with Gasteiger partial charge in [-0.1, -0.05) is 140 Å². The van der Waals surface area contributed by atoms with E-state index in [4.69, 9.17) is 9.97 Å². The zero-order valence-corrected chi connectivity index (χ0v) is 27.4. The Labute approximate surface area is 287 Å². The van der Waals surface area contributed by atoms with Gasteiger partial charge >= 0.3 is 0 Å². The van der Waals surface area contributed by atoms with Crippen molar-refractivity contribution in [3.05, 3.63) is 188 Å². The lowest BCUT2D eigenvalue weighted by atomic mass is 9.91. The SMILES string of the molecule is C[C@@H](/C=C\C=C1\C=CC=CC1)c1ncc(-c2cccc(-c3cccnc3)c2)c(-c2cccc(-c3cc4ccccc4c4ccccc34)c2)n1. The zero-order chi connectivity index (χ0) is 33.0. The van der Waals surface area contributed by atoms with E-state index in [1.54, 1.807) is 6.20 Å². The van der Waals surface area contributed by atoms with E-state index >= 15 is 0 Å². The first kappa shape index (κ1) is 30.2. The normalized spacial score (nSPS) is 14.3. The molecule has 0 amide bonds. The maximum atomic E-state index is 5.31. The van der Waals surface area contributed by atoms with Crippen LogP contribution in [0.4, 0.5) is 0 Å². The topological polar surface area (TPSA) is 38.7 Å². The molecule has 49 heavy (non-hydrogen) atoms. The highest BCUT2D eigenvalue weighted by atomic mass is 14.9. The van der Waals surface area contributed by atoms with Crippen molar-refractivity contribution in [1.82, 2.24) is 15.0 Å². The van der Waals surface area contributed by atoms with Gasteiger partial charge < -0.3 is 0 Å². The quantitative estimate of drug-likeness (QED) is 0.165. The number of hydrogen-bond acceptors (Lipinski definition) is 3. The molecule has 234 valence electrons. The van der Waals surface area contributed by atoms with Crippen LogP contribution in [0.25, 0.3) is 66.2 Å². The molecule has 1 atom stereocenters. The fourth-order valence-corrected chi connectivity index (χ4v) is 6.66. The van der Waals surface area contributed by atoms with Gasteiger partial charge in [-0.05, 0) is 80.1 Å². The van der Waals surface area contributed by atoms with Crippen LogP contribution < -0.4 is 0 Å². The van der Waals surface area contributed by atoms with Crippen LogP contribution in [0, 0.1) is 0 Å². The minimum absolute atomic E-state index is 0.0297. The van der Waals surface area contributed by atoms with Gasteiger partial charge in [-0.15, -0.1) is 0 Å². The van der Waals surface area contributed by atoms with Gasteiger partial charge in [0.1, 0.15) is 5.82 Å². The number of hydrogen-bond donors (Lipinski definition) is 0. The van der Waals surface area contributed by atoms with E-state index in [9.17, 15) is 0 Å². The highest BCUT2D eigenvalue weighted by molar-refractivity contribution is 6.13. The molecule has 2 aromatic heterocycles. The summed E-state index contributed by atoms with van der Waals surface area (Å²) in [5, 5.41) is 4.99. The summed E-state index contributed by atoms with van der Waals surface area (Å²) < 4.78 is 0. The summed E-state index contributed by atoms with van der Waals surface area (Å²) in [6, 6.07) is 41.1. The number of fused-ring (bicyclic) bond motifs is 3. The van der Waals surface area contributed by atoms with E-state index in [0.717, 1.165) is 51.3 Å². The number of allylic oxidation sites excluding steroid dienone is 8. The lowest BCUT2D eigenvalue weighted by Gasteiger charge is -2.15. The van der Waals surface area contributed by atoms with E-state index in [1.807, 2.05) is 18.5 Å². The maximum absolute atomic E-state index is 5.31. The Balaban J connectivity index is 1.26. The lowest BCUT2D eigenvalue weighted by Crippen LogP contribution is -2.02. The number of nitrogens with zero attached hydrogens (tertiary/aromatic N) is 3. The molecule has 0 fully saturated rings. The Kier molecular flexibility index (Phi) is 8.31. The summed E-state index contributed by atoms with van der Waals surface area (Å²) in [5.41, 5.74) is 9.86. The standard InChI is InChI=1S/C46H35N3/c1-32(13-9-16-33-14-3-2-4-15-33)46-48-31-44(36-20-10-18-34(27-36)39-22-12-26-47-30-39)45(49-46)38-21-11-19-35(28-38)43-29-37-17-5-6-23-40(37)41-24-7-8-25-42(41)43/h2-14,16-32H,15H2,1H3/b13-9-,33-16-/t32-/m0/s1. The van der Waals surface area contributed by atoms with E-state index in [-0.39, 0.29) is 5.92 Å². The van der Waals surface area contributed by atoms with Gasteiger partial charge in [-0.25, -0.2) is 9.97 Å². The molecule has 0 radical (unpaired) electrons. The smallest absolute Gasteiger partial charge is 0.135 e. The fraction of sp³-hybridized carbons (Fsp3) is 0.0652. The van der Waals surface area contributed by atoms with Crippen molar-refractivity contribution in [2.75, 3.05) is 0 Å². The summed E-state index contributed by atoms with van der Waals surface area (Å²) in [6.07, 6.45) is 21.6. The Morgan fingerprint density at radius 2 is 1.37 bits per heavy atom. The van der Waals surface area contributed by atoms with Crippen LogP contribution in [0.15, 0.2) is 182 Å². The number of rotatable bonds is 7. The molecule has 1 aliphatic carbocycles. The molecule has 8 rings (SSSR count). The van der Waals surface area contributed by atoms with Gasteiger partial charge in [0.2, 0.25) is 0 Å². The third-order valence-electron chi connectivity index (χ3n) is 9.22. The average molecular weight is 630 g/mol. The first-order valence-corrected chi connectivity index (χ1v) is 16.8. The Morgan fingerprint density at radius 3 is 2.18 bits per heavy atom. The second kappa shape index (κ2) is 13.5. The van der Waals surface area contributed by atoms with Gasteiger partial charge in [0.05, 0.1) is 5.69 Å². The van der Waals surface area contributed by atoms with Gasteiger partial charge in [-0.3, -0.25) is 4.98 Å². The summed E-state index contributed by atoms with van der Waals surface area (Å²) >= 11 is 0. The molecule has 2 heterocycles. The Hall–Kier alpha value is -6.19. The first-order chi connectivity index (χ1) is 24.2. The number of pyridine rings is 1. The number of aromatic nitrogens is 3. The van der Waals surface area contributed by atoms with Gasteiger partial charge in [0, 0.05) is 41.2 Å². The van der Waals surface area contributed by atoms with Gasteiger partial charge in [-0.2, -0.15) is 0 Å². The van der Waals surface area contributed by atoms with Crippen LogP contribution in [0.5, 0.6) is 0 Å². The second-order valence-electron chi connectivity index (χ2n) is 12.5. The maximum Gasteiger partial charge on any atom is 0.135 e. The monoisotopic (exact) mass is 629 g/mol. The fourth-order valence-electron chi connectivity index (χ4n) is 6.66. The predicted molar refractivity (Wildman–Crippen MR) is 205 cm³/mol. The van der Waals surface area contributed by atoms with Crippen molar-refractivity contribution < 1.29 is 0 Å². The molecule has 0 saturated carbocycles. The lowest BCUT2D eigenvalue weighted by molar-refractivity contribution is 0.845. The molecule has 7 aromatic rings. The van der Waals surface area contributed by atoms with Gasteiger partial charge in [0.25, 0.3) is 0 Å². The third kappa shape index (κ3) is 6.27. The van der Waals surface area contributed by atoms with E-state index in [2.05, 4.69) is 164 Å². The molecule has 1 aliphatic rings. The van der Waals surface area contributed by atoms with Crippen molar-refractivity contribution in [1.29, 1.82) is 0 Å². The highest BCUT2D eigenvalue weighted by Gasteiger charge is 2.17. The van der Waals surface area contributed by atoms with Crippen LogP contribution in [0.1, 0.15) is 25.1 Å². The van der Waals surface area contributed by atoms with Crippen LogP contribution >= 0.6 is 0 Å². The van der Waals surface area contributed by atoms with Crippen molar-refractivity contribution in [3.63, 3.8) is 0 Å². The molecule has 3 heteroatoms. The van der Waals surface area contributed by atoms with E-state index in [0.29, 0.717) is 0 Å². The average Bonchev–Trinajstić information content (AvgIpc) is 3.18. The molecule has 0 unspecified atom stereocenters. The van der Waals surface area contributed by atoms with Crippen molar-refractivity contribution in [2.24, 2.45) is 0 Å². The van der Waals surface area contributed by atoms with Gasteiger partial charge in [0.15, 0.2) is 0 Å². The zero-order valence-electron chi connectivity index (χ0n) is 27.4. The molecule has 0 aliphatic heterocycles. The van der Waals surface area contributed by atoms with E-state index < -0.39 is 0 Å². The predicted octanol–water partition coefficient (Wildman–Crippen LogP) is 11.9. The first-order valence-electron chi connectivity index (χ1n) is 16.8. The van der Waals surface area contributed by atoms with Crippen molar-refractivity contribution in [3.8, 4) is 44.6 Å². The molecule has 3 nitrogen and oxygen atoms in total. The minimum Gasteiger partial charge on any atom is -0.264 e. The van der Waals surface area contributed by atoms with Crippen LogP contribution in [0.2, 0.25) is 0 Å². The second-order valence-corrected chi connectivity index (χ2v) is 12.5. The van der Waals surface area contributed by atoms with Crippen molar-refractivity contribution in [2.45, 2.75) is 19.3 Å². The molecule has 0 saturated heterocycles. The molecule has 0 bridgehead atoms. The largest absolute Gasteiger partial charge is 0.264 e. The Morgan fingerprint density at radius 1 is 0.633 bits per heavy atom. The molecule has 5 aromatic carbocycles.